The lowest BCUT2D eigenvalue weighted by Crippen LogP contribution is -2.33. The molecule has 5 heteroatoms. The van der Waals surface area contributed by atoms with Gasteiger partial charge in [-0.1, -0.05) is 12.8 Å². The van der Waals surface area contributed by atoms with Crippen molar-refractivity contribution in [1.82, 2.24) is 4.90 Å². The highest BCUT2D eigenvalue weighted by molar-refractivity contribution is 5.71. The van der Waals surface area contributed by atoms with E-state index in [1.54, 1.807) is 11.0 Å². The van der Waals surface area contributed by atoms with Crippen LogP contribution in [0.15, 0.2) is 18.2 Å². The zero-order valence-corrected chi connectivity index (χ0v) is 11.5. The molecule has 2 heterocycles. The van der Waals surface area contributed by atoms with Crippen LogP contribution in [-0.2, 0) is 4.74 Å². The molecule has 0 N–H and O–H groups in total. The van der Waals surface area contributed by atoms with Crippen molar-refractivity contribution in [3.8, 4) is 5.75 Å². The molecule has 2 atom stereocenters. The van der Waals surface area contributed by atoms with Crippen molar-refractivity contribution in [1.29, 1.82) is 0 Å². The molecule has 1 amide bonds. The Kier molecular flexibility index (Phi) is 3.51. The summed E-state index contributed by atoms with van der Waals surface area (Å²) in [5.74, 6) is 0.0848. The number of ether oxygens (including phenoxy) is 2. The van der Waals surface area contributed by atoms with Crippen molar-refractivity contribution >= 4 is 6.09 Å². The van der Waals surface area contributed by atoms with Gasteiger partial charge in [0, 0.05) is 18.2 Å². The van der Waals surface area contributed by atoms with Gasteiger partial charge in [0.2, 0.25) is 0 Å². The molecule has 0 bridgehead atoms. The predicted octanol–water partition coefficient (Wildman–Crippen LogP) is 3.27. The molecular weight excluding hydrogens is 261 g/mol. The van der Waals surface area contributed by atoms with Crippen molar-refractivity contribution in [3.63, 3.8) is 0 Å². The lowest BCUT2D eigenvalue weighted by atomic mass is 9.97. The third-order valence-electron chi connectivity index (χ3n) is 4.11. The van der Waals surface area contributed by atoms with Crippen LogP contribution in [0.3, 0.4) is 0 Å². The third kappa shape index (κ3) is 2.21. The second kappa shape index (κ2) is 5.31. The highest BCUT2D eigenvalue weighted by Crippen LogP contribution is 2.40. The van der Waals surface area contributed by atoms with Gasteiger partial charge in [-0.2, -0.15) is 0 Å². The lowest BCUT2D eigenvalue weighted by molar-refractivity contribution is 0.126. The smallest absolute Gasteiger partial charge is 0.410 e. The Labute approximate surface area is 117 Å². The highest BCUT2D eigenvalue weighted by atomic mass is 19.1. The number of carbonyl (C=O) groups excluding carboxylic acids is 1. The van der Waals surface area contributed by atoms with Gasteiger partial charge in [-0.25, -0.2) is 9.18 Å². The molecule has 0 spiro atoms. The Morgan fingerprint density at radius 1 is 1.35 bits per heavy atom. The summed E-state index contributed by atoms with van der Waals surface area (Å²) in [6.45, 7) is 0.740. The topological polar surface area (TPSA) is 38.8 Å². The minimum Gasteiger partial charge on any atom is -0.496 e. The van der Waals surface area contributed by atoms with Crippen molar-refractivity contribution < 1.29 is 18.7 Å². The number of methoxy groups -OCH3 is 1. The average molecular weight is 279 g/mol. The van der Waals surface area contributed by atoms with Crippen molar-refractivity contribution in [2.75, 3.05) is 13.7 Å². The van der Waals surface area contributed by atoms with Crippen LogP contribution in [0.25, 0.3) is 0 Å². The van der Waals surface area contributed by atoms with E-state index in [1.165, 1.54) is 19.2 Å². The maximum atomic E-state index is 13.3. The first-order valence-corrected chi connectivity index (χ1v) is 7.01. The fraction of sp³-hybridized carbons (Fsp3) is 0.533. The highest BCUT2D eigenvalue weighted by Gasteiger charge is 2.43. The van der Waals surface area contributed by atoms with Gasteiger partial charge >= 0.3 is 6.09 Å². The molecule has 1 aromatic rings. The van der Waals surface area contributed by atoms with E-state index in [1.807, 2.05) is 0 Å². The van der Waals surface area contributed by atoms with Crippen molar-refractivity contribution in [3.05, 3.63) is 29.6 Å². The van der Waals surface area contributed by atoms with Gasteiger partial charge in [0.15, 0.2) is 6.10 Å². The minimum absolute atomic E-state index is 0.0318. The molecule has 0 saturated carbocycles. The number of fused-ring (bicyclic) bond motifs is 1. The van der Waals surface area contributed by atoms with Gasteiger partial charge in [-0.05, 0) is 25.0 Å². The summed E-state index contributed by atoms with van der Waals surface area (Å²) in [5, 5.41) is 0. The number of cyclic esters (lactones) is 1. The first-order valence-electron chi connectivity index (χ1n) is 7.01. The largest absolute Gasteiger partial charge is 0.496 e. The molecule has 2 aliphatic heterocycles. The Morgan fingerprint density at radius 3 is 3.00 bits per heavy atom. The summed E-state index contributed by atoms with van der Waals surface area (Å²) in [5.41, 5.74) is 0.747. The molecule has 2 unspecified atom stereocenters. The fourth-order valence-corrected chi connectivity index (χ4v) is 3.12. The Bertz CT molecular complexity index is 520. The summed E-state index contributed by atoms with van der Waals surface area (Å²) in [4.78, 5) is 13.8. The summed E-state index contributed by atoms with van der Waals surface area (Å²) >= 11 is 0. The Morgan fingerprint density at radius 2 is 2.20 bits per heavy atom. The van der Waals surface area contributed by atoms with Gasteiger partial charge in [-0.15, -0.1) is 0 Å². The van der Waals surface area contributed by atoms with E-state index in [0.29, 0.717) is 5.75 Å². The number of carbonyl (C=O) groups is 1. The van der Waals surface area contributed by atoms with E-state index >= 15 is 0 Å². The first kappa shape index (κ1) is 13.2. The average Bonchev–Trinajstić information content (AvgIpc) is 2.65. The number of hydrogen-bond donors (Lipinski definition) is 0. The van der Waals surface area contributed by atoms with Crippen LogP contribution in [0.5, 0.6) is 5.75 Å². The molecule has 0 aliphatic carbocycles. The van der Waals surface area contributed by atoms with Crippen LogP contribution in [-0.4, -0.2) is 30.7 Å². The van der Waals surface area contributed by atoms with E-state index in [-0.39, 0.29) is 24.1 Å². The Balaban J connectivity index is 1.95. The summed E-state index contributed by atoms with van der Waals surface area (Å²) in [6.07, 6.45) is 3.51. The number of benzene rings is 1. The summed E-state index contributed by atoms with van der Waals surface area (Å²) in [6, 6.07) is 4.40. The molecule has 4 nitrogen and oxygen atoms in total. The molecule has 20 heavy (non-hydrogen) atoms. The number of halogens is 1. The summed E-state index contributed by atoms with van der Waals surface area (Å²) in [7, 11) is 1.50. The maximum Gasteiger partial charge on any atom is 0.410 e. The predicted molar refractivity (Wildman–Crippen MR) is 71.1 cm³/mol. The fourth-order valence-electron chi connectivity index (χ4n) is 3.12. The molecule has 0 aromatic heterocycles. The van der Waals surface area contributed by atoms with E-state index in [0.717, 1.165) is 37.8 Å². The molecule has 1 aromatic carbocycles. The Hall–Kier alpha value is -1.78. The van der Waals surface area contributed by atoms with Crippen LogP contribution in [0.1, 0.15) is 37.4 Å². The van der Waals surface area contributed by atoms with Gasteiger partial charge in [0.25, 0.3) is 0 Å². The number of amides is 1. The number of rotatable bonds is 2. The molecule has 108 valence electrons. The molecule has 0 radical (unpaired) electrons. The monoisotopic (exact) mass is 279 g/mol. The SMILES string of the molecule is COc1cc(F)ccc1C1OC(=O)N2CCCCCC12. The van der Waals surface area contributed by atoms with Gasteiger partial charge in [0.1, 0.15) is 11.6 Å². The minimum atomic E-state index is -0.365. The van der Waals surface area contributed by atoms with E-state index in [9.17, 15) is 9.18 Å². The van der Waals surface area contributed by atoms with Crippen molar-refractivity contribution in [2.24, 2.45) is 0 Å². The van der Waals surface area contributed by atoms with Crippen LogP contribution in [0, 0.1) is 5.82 Å². The maximum absolute atomic E-state index is 13.3. The van der Waals surface area contributed by atoms with Gasteiger partial charge in [0.05, 0.1) is 13.2 Å². The molecule has 3 rings (SSSR count). The van der Waals surface area contributed by atoms with E-state index in [4.69, 9.17) is 9.47 Å². The molecule has 2 aliphatic rings. The number of hydrogen-bond acceptors (Lipinski definition) is 3. The number of nitrogens with zero attached hydrogens (tertiary/aromatic N) is 1. The van der Waals surface area contributed by atoms with Crippen LogP contribution in [0.2, 0.25) is 0 Å². The quantitative estimate of drug-likeness (QED) is 0.834. The zero-order chi connectivity index (χ0) is 14.1. The van der Waals surface area contributed by atoms with E-state index in [2.05, 4.69) is 0 Å². The van der Waals surface area contributed by atoms with E-state index < -0.39 is 0 Å². The third-order valence-corrected chi connectivity index (χ3v) is 4.11. The van der Waals surface area contributed by atoms with Crippen molar-refractivity contribution in [2.45, 2.75) is 37.8 Å². The first-order chi connectivity index (χ1) is 9.70. The van der Waals surface area contributed by atoms with Gasteiger partial charge < -0.3 is 14.4 Å². The second-order valence-corrected chi connectivity index (χ2v) is 5.30. The normalized spacial score (nSPS) is 25.9. The molecule has 2 fully saturated rings. The van der Waals surface area contributed by atoms with Crippen LogP contribution < -0.4 is 4.74 Å². The van der Waals surface area contributed by atoms with Crippen LogP contribution >= 0.6 is 0 Å². The van der Waals surface area contributed by atoms with Gasteiger partial charge in [-0.3, -0.25) is 0 Å². The summed E-state index contributed by atoms with van der Waals surface area (Å²) < 4.78 is 24.0. The zero-order valence-electron chi connectivity index (χ0n) is 11.5. The standard InChI is InChI=1S/C15H18FNO3/c1-19-13-9-10(16)6-7-11(13)14-12-5-3-2-4-8-17(12)15(18)20-14/h6-7,9,12,14H,2-5,8H2,1H3. The molecule has 2 saturated heterocycles. The molecular formula is C15H18FNO3. The second-order valence-electron chi connectivity index (χ2n) is 5.30. The van der Waals surface area contributed by atoms with Crippen LogP contribution in [0.4, 0.5) is 9.18 Å². The lowest BCUT2D eigenvalue weighted by Gasteiger charge is -2.23.